The average molecular weight is 503 g/mol. The first-order valence-electron chi connectivity index (χ1n) is 14.1. The third-order valence-corrected chi connectivity index (χ3v) is 13.5. The minimum atomic E-state index is -0.896. The minimum Gasteiger partial charge on any atom is -0.481 e. The van der Waals surface area contributed by atoms with Crippen LogP contribution in [0, 0.1) is 50.2 Å². The van der Waals surface area contributed by atoms with E-state index < -0.39 is 34.3 Å². The summed E-state index contributed by atoms with van der Waals surface area (Å²) in [7, 11) is 0. The van der Waals surface area contributed by atoms with E-state index in [4.69, 9.17) is 0 Å². The zero-order chi connectivity index (χ0) is 26.5. The van der Waals surface area contributed by atoms with Crippen molar-refractivity contribution >= 4 is 11.9 Å². The van der Waals surface area contributed by atoms with Gasteiger partial charge >= 0.3 is 11.9 Å². The van der Waals surface area contributed by atoms with Gasteiger partial charge in [0.25, 0.3) is 0 Å². The lowest BCUT2D eigenvalue weighted by Crippen LogP contribution is -2.66. The molecule has 0 bridgehead atoms. The van der Waals surface area contributed by atoms with Crippen molar-refractivity contribution in [2.24, 2.45) is 50.2 Å². The fraction of sp³-hybridized carbons (Fsp3) is 0.867. The predicted molar refractivity (Wildman–Crippen MR) is 136 cm³/mol. The zero-order valence-electron chi connectivity index (χ0n) is 22.8. The summed E-state index contributed by atoms with van der Waals surface area (Å²) in [5, 5.41) is 41.9. The molecule has 0 unspecified atom stereocenters. The van der Waals surface area contributed by atoms with Crippen LogP contribution in [0.25, 0.3) is 0 Å². The molecule has 202 valence electrons. The van der Waals surface area contributed by atoms with Crippen molar-refractivity contribution in [3.8, 4) is 0 Å². The van der Waals surface area contributed by atoms with Gasteiger partial charge in [0, 0.05) is 5.41 Å². The maximum atomic E-state index is 12.8. The molecule has 10 atom stereocenters. The Kier molecular flexibility index (Phi) is 5.69. The SMILES string of the molecule is C[C@]1(C(=O)O)CC[C@]2(C(=O)O)CC[C@]3(C)C(=CC[C@@H]4[C@@]5(C)CC[C@H](O)[C@@](C)(CO)[C@H]5CC[C@]43C)[C@@H]2C1. The largest absolute Gasteiger partial charge is 0.481 e. The van der Waals surface area contributed by atoms with E-state index in [1.807, 2.05) is 0 Å². The van der Waals surface area contributed by atoms with Crippen LogP contribution in [0.4, 0.5) is 0 Å². The minimum absolute atomic E-state index is 0.00675. The molecule has 0 amide bonds. The van der Waals surface area contributed by atoms with E-state index in [1.54, 1.807) is 6.92 Å². The van der Waals surface area contributed by atoms with E-state index in [-0.39, 0.29) is 34.7 Å². The first-order chi connectivity index (χ1) is 16.6. The van der Waals surface area contributed by atoms with Crippen molar-refractivity contribution in [3.05, 3.63) is 11.6 Å². The monoisotopic (exact) mass is 502 g/mol. The molecule has 4 N–H and O–H groups in total. The number of aliphatic hydroxyl groups is 2. The molecule has 6 nitrogen and oxygen atoms in total. The Morgan fingerprint density at radius 3 is 2.17 bits per heavy atom. The molecule has 0 saturated heterocycles. The molecule has 5 aliphatic carbocycles. The molecule has 0 heterocycles. The molecule has 36 heavy (non-hydrogen) atoms. The smallest absolute Gasteiger partial charge is 0.310 e. The number of carboxylic acids is 2. The van der Waals surface area contributed by atoms with Gasteiger partial charge in [-0.05, 0) is 105 Å². The standard InChI is InChI=1S/C30H46O6/c1-25(23(33)34)12-14-30(24(35)36)15-13-28(4)18(19(30)16-25)6-7-21-26(2)10-9-22(32)27(3,17-31)20(26)8-11-29(21,28)5/h6,19-22,31-32H,7-17H2,1-5H3,(H,33,34)(H,35,36)/t19-,20-,21+,22-,25-,26-,27-,28+,29+,30-/m0/s1. The summed E-state index contributed by atoms with van der Waals surface area (Å²) in [6.45, 7) is 11.0. The fourth-order valence-corrected chi connectivity index (χ4v) is 10.7. The van der Waals surface area contributed by atoms with E-state index in [0.29, 0.717) is 38.0 Å². The highest BCUT2D eigenvalue weighted by Crippen LogP contribution is 2.75. The highest BCUT2D eigenvalue weighted by Gasteiger charge is 2.70. The maximum absolute atomic E-state index is 12.8. The van der Waals surface area contributed by atoms with Crippen LogP contribution < -0.4 is 0 Å². The second kappa shape index (κ2) is 7.81. The lowest BCUT2D eigenvalue weighted by Gasteiger charge is -2.71. The van der Waals surface area contributed by atoms with Crippen molar-refractivity contribution < 1.29 is 30.0 Å². The average Bonchev–Trinajstić information content (AvgIpc) is 2.82. The van der Waals surface area contributed by atoms with Crippen molar-refractivity contribution in [2.75, 3.05) is 6.61 Å². The van der Waals surface area contributed by atoms with Crippen LogP contribution in [-0.4, -0.2) is 45.1 Å². The molecule has 0 aromatic carbocycles. The van der Waals surface area contributed by atoms with Gasteiger partial charge in [0.05, 0.1) is 23.5 Å². The van der Waals surface area contributed by atoms with Crippen LogP contribution in [0.3, 0.4) is 0 Å². The summed E-state index contributed by atoms with van der Waals surface area (Å²) in [5.41, 5.74) is -1.29. The molecule has 0 aliphatic heterocycles. The van der Waals surface area contributed by atoms with Crippen molar-refractivity contribution in [3.63, 3.8) is 0 Å². The van der Waals surface area contributed by atoms with E-state index >= 15 is 0 Å². The Hall–Kier alpha value is -1.40. The summed E-state index contributed by atoms with van der Waals surface area (Å²) in [5.74, 6) is -1.20. The second-order valence-electron chi connectivity index (χ2n) is 14.6. The Balaban J connectivity index is 1.60. The van der Waals surface area contributed by atoms with Gasteiger partial charge in [-0.15, -0.1) is 0 Å². The first-order valence-corrected chi connectivity index (χ1v) is 14.1. The van der Waals surface area contributed by atoms with E-state index in [0.717, 1.165) is 32.1 Å². The van der Waals surface area contributed by atoms with E-state index in [1.165, 1.54) is 5.57 Å². The molecule has 6 heteroatoms. The molecule has 4 saturated carbocycles. The van der Waals surface area contributed by atoms with Gasteiger partial charge in [-0.2, -0.15) is 0 Å². The Morgan fingerprint density at radius 1 is 0.889 bits per heavy atom. The second-order valence-corrected chi connectivity index (χ2v) is 14.6. The van der Waals surface area contributed by atoms with Crippen LogP contribution >= 0.6 is 0 Å². The quantitative estimate of drug-likeness (QED) is 0.391. The zero-order valence-corrected chi connectivity index (χ0v) is 22.8. The summed E-state index contributed by atoms with van der Waals surface area (Å²) >= 11 is 0. The molecule has 0 aromatic heterocycles. The summed E-state index contributed by atoms with van der Waals surface area (Å²) in [6, 6.07) is 0. The molecular formula is C30H46O6. The summed E-state index contributed by atoms with van der Waals surface area (Å²) in [6.07, 6.45) is 8.93. The molecule has 0 spiro atoms. The summed E-state index contributed by atoms with van der Waals surface area (Å²) < 4.78 is 0. The number of fused-ring (bicyclic) bond motifs is 7. The van der Waals surface area contributed by atoms with Gasteiger partial charge in [-0.1, -0.05) is 39.3 Å². The van der Waals surface area contributed by atoms with Crippen molar-refractivity contribution in [1.29, 1.82) is 0 Å². The van der Waals surface area contributed by atoms with Crippen molar-refractivity contribution in [2.45, 2.75) is 105 Å². The van der Waals surface area contributed by atoms with Gasteiger partial charge in [0.15, 0.2) is 0 Å². The maximum Gasteiger partial charge on any atom is 0.310 e. The molecule has 0 aromatic rings. The lowest BCUT2D eigenvalue weighted by atomic mass is 9.33. The van der Waals surface area contributed by atoms with Crippen LogP contribution in [0.5, 0.6) is 0 Å². The number of rotatable bonds is 3. The Labute approximate surface area is 215 Å². The first kappa shape index (κ1) is 26.2. The Morgan fingerprint density at radius 2 is 1.56 bits per heavy atom. The van der Waals surface area contributed by atoms with E-state index in [9.17, 15) is 30.0 Å². The van der Waals surface area contributed by atoms with Gasteiger partial charge in [-0.25, -0.2) is 0 Å². The topological polar surface area (TPSA) is 115 Å². The van der Waals surface area contributed by atoms with Crippen LogP contribution in [-0.2, 0) is 9.59 Å². The van der Waals surface area contributed by atoms with E-state index in [2.05, 4.69) is 33.8 Å². The van der Waals surface area contributed by atoms with Crippen molar-refractivity contribution in [1.82, 2.24) is 0 Å². The highest BCUT2D eigenvalue weighted by atomic mass is 16.4. The number of hydrogen-bond acceptors (Lipinski definition) is 4. The molecular weight excluding hydrogens is 456 g/mol. The number of carboxylic acid groups (broad SMARTS) is 2. The van der Waals surface area contributed by atoms with Crippen LogP contribution in [0.2, 0.25) is 0 Å². The van der Waals surface area contributed by atoms with Gasteiger partial charge < -0.3 is 20.4 Å². The fourth-order valence-electron chi connectivity index (χ4n) is 10.7. The lowest BCUT2D eigenvalue weighted by molar-refractivity contribution is -0.217. The third kappa shape index (κ3) is 2.98. The van der Waals surface area contributed by atoms with Gasteiger partial charge in [0.1, 0.15) is 0 Å². The number of allylic oxidation sites excluding steroid dienone is 2. The molecule has 5 rings (SSSR count). The van der Waals surface area contributed by atoms with Crippen LogP contribution in [0.15, 0.2) is 11.6 Å². The summed E-state index contributed by atoms with van der Waals surface area (Å²) in [4.78, 5) is 25.0. The molecule has 5 aliphatic rings. The molecule has 4 fully saturated rings. The number of hydrogen-bond donors (Lipinski definition) is 4. The Bertz CT molecular complexity index is 1010. The van der Waals surface area contributed by atoms with Crippen LogP contribution in [0.1, 0.15) is 98.8 Å². The number of aliphatic carboxylic acids is 2. The normalized spacial score (nSPS) is 54.2. The molecule has 0 radical (unpaired) electrons. The number of carbonyl (C=O) groups is 2. The third-order valence-electron chi connectivity index (χ3n) is 13.5. The highest BCUT2D eigenvalue weighted by molar-refractivity contribution is 5.79. The van der Waals surface area contributed by atoms with Gasteiger partial charge in [0.2, 0.25) is 0 Å². The van der Waals surface area contributed by atoms with Gasteiger partial charge in [-0.3, -0.25) is 9.59 Å². The predicted octanol–water partition coefficient (Wildman–Crippen LogP) is 5.27. The number of aliphatic hydroxyl groups excluding tert-OH is 2.